The van der Waals surface area contributed by atoms with E-state index < -0.39 is 5.97 Å². The van der Waals surface area contributed by atoms with Crippen LogP contribution >= 0.6 is 0 Å². The summed E-state index contributed by atoms with van der Waals surface area (Å²) in [6.07, 6.45) is 6.75. The summed E-state index contributed by atoms with van der Waals surface area (Å²) in [5, 5.41) is 9.13. The molecule has 0 aliphatic heterocycles. The summed E-state index contributed by atoms with van der Waals surface area (Å²) in [5.74, 6) is 0.0868. The van der Waals surface area contributed by atoms with Gasteiger partial charge in [0, 0.05) is 6.54 Å². The predicted octanol–water partition coefficient (Wildman–Crippen LogP) is 2.36. The highest BCUT2D eigenvalue weighted by atomic mass is 16.4. The molecule has 0 saturated heterocycles. The quantitative estimate of drug-likeness (QED) is 0.705. The van der Waals surface area contributed by atoms with Crippen molar-refractivity contribution in [2.45, 2.75) is 51.5 Å². The molecule has 1 fully saturated rings. The summed E-state index contributed by atoms with van der Waals surface area (Å²) < 4.78 is 0. The molecule has 1 rings (SSSR count). The molecular weight excluding hydrogens is 190 g/mol. The van der Waals surface area contributed by atoms with Gasteiger partial charge in [0.05, 0.1) is 0 Å². The van der Waals surface area contributed by atoms with Crippen LogP contribution in [0.4, 0.5) is 0 Å². The summed E-state index contributed by atoms with van der Waals surface area (Å²) >= 11 is 0. The van der Waals surface area contributed by atoms with Crippen LogP contribution in [0.15, 0.2) is 0 Å². The molecule has 0 heterocycles. The predicted molar refractivity (Wildman–Crippen MR) is 60.9 cm³/mol. The largest absolute Gasteiger partial charge is 0.480 e. The van der Waals surface area contributed by atoms with Gasteiger partial charge in [0.2, 0.25) is 0 Å². The number of carboxylic acids is 1. The van der Waals surface area contributed by atoms with Crippen LogP contribution in [-0.4, -0.2) is 35.6 Å². The van der Waals surface area contributed by atoms with Gasteiger partial charge in [-0.3, -0.25) is 9.69 Å². The van der Waals surface area contributed by atoms with Crippen molar-refractivity contribution in [1.82, 2.24) is 4.90 Å². The van der Waals surface area contributed by atoms with Gasteiger partial charge in [-0.2, -0.15) is 0 Å². The minimum Gasteiger partial charge on any atom is -0.480 e. The first-order chi connectivity index (χ1) is 7.15. The molecule has 1 saturated carbocycles. The molecule has 0 bridgehead atoms. The molecule has 0 aromatic heterocycles. The summed E-state index contributed by atoms with van der Waals surface area (Å²) in [7, 11) is 1.95. The second-order valence-corrected chi connectivity index (χ2v) is 4.73. The van der Waals surface area contributed by atoms with Crippen molar-refractivity contribution < 1.29 is 9.90 Å². The van der Waals surface area contributed by atoms with Gasteiger partial charge < -0.3 is 5.11 Å². The number of rotatable bonds is 7. The number of nitrogens with zero attached hydrogens (tertiary/aromatic N) is 1. The van der Waals surface area contributed by atoms with E-state index in [1.807, 2.05) is 11.9 Å². The van der Waals surface area contributed by atoms with Crippen molar-refractivity contribution in [3.63, 3.8) is 0 Å². The van der Waals surface area contributed by atoms with Crippen LogP contribution in [0.25, 0.3) is 0 Å². The van der Waals surface area contributed by atoms with Crippen LogP contribution in [0, 0.1) is 5.92 Å². The summed E-state index contributed by atoms with van der Waals surface area (Å²) in [5.41, 5.74) is 0. The van der Waals surface area contributed by atoms with E-state index in [4.69, 9.17) is 5.11 Å². The van der Waals surface area contributed by atoms with Crippen LogP contribution in [0.2, 0.25) is 0 Å². The van der Waals surface area contributed by atoms with Gasteiger partial charge in [0.25, 0.3) is 0 Å². The lowest BCUT2D eigenvalue weighted by molar-refractivity contribution is -0.143. The first-order valence-electron chi connectivity index (χ1n) is 6.08. The number of carbonyl (C=O) groups is 1. The third kappa shape index (κ3) is 3.82. The van der Waals surface area contributed by atoms with Crippen molar-refractivity contribution in [2.24, 2.45) is 5.92 Å². The Balaban J connectivity index is 2.34. The SMILES string of the molecule is CCCCC(C(=O)O)N(C)CC1CCC1. The molecule has 15 heavy (non-hydrogen) atoms. The Morgan fingerprint density at radius 2 is 2.20 bits per heavy atom. The average molecular weight is 213 g/mol. The van der Waals surface area contributed by atoms with E-state index in [2.05, 4.69) is 6.92 Å². The fourth-order valence-corrected chi connectivity index (χ4v) is 2.14. The minimum atomic E-state index is -0.662. The zero-order valence-corrected chi connectivity index (χ0v) is 9.91. The molecule has 1 aliphatic carbocycles. The van der Waals surface area contributed by atoms with Gasteiger partial charge in [-0.25, -0.2) is 0 Å². The normalized spacial score (nSPS) is 18.9. The summed E-state index contributed by atoms with van der Waals surface area (Å²) in [4.78, 5) is 13.1. The van der Waals surface area contributed by atoms with Gasteiger partial charge in [-0.1, -0.05) is 26.2 Å². The zero-order valence-electron chi connectivity index (χ0n) is 9.91. The van der Waals surface area contributed by atoms with Gasteiger partial charge in [0.15, 0.2) is 0 Å². The third-order valence-electron chi connectivity index (χ3n) is 3.42. The average Bonchev–Trinajstić information content (AvgIpc) is 2.11. The number of likely N-dealkylation sites (N-methyl/N-ethyl adjacent to an activating group) is 1. The first-order valence-corrected chi connectivity index (χ1v) is 6.08. The van der Waals surface area contributed by atoms with Gasteiger partial charge in [0.1, 0.15) is 6.04 Å². The Labute approximate surface area is 92.5 Å². The van der Waals surface area contributed by atoms with Crippen LogP contribution in [0.3, 0.4) is 0 Å². The molecule has 1 N–H and O–H groups in total. The minimum absolute atomic E-state index is 0.273. The van der Waals surface area contributed by atoms with E-state index in [9.17, 15) is 4.79 Å². The maximum atomic E-state index is 11.1. The molecule has 0 amide bonds. The first kappa shape index (κ1) is 12.5. The highest BCUT2D eigenvalue weighted by Gasteiger charge is 2.26. The Morgan fingerprint density at radius 3 is 2.60 bits per heavy atom. The van der Waals surface area contributed by atoms with Crippen LogP contribution in [0.5, 0.6) is 0 Å². The lowest BCUT2D eigenvalue weighted by Gasteiger charge is -2.33. The number of aliphatic carboxylic acids is 1. The molecule has 1 atom stereocenters. The van der Waals surface area contributed by atoms with Gasteiger partial charge in [-0.05, 0) is 32.2 Å². The monoisotopic (exact) mass is 213 g/mol. The van der Waals surface area contributed by atoms with Crippen molar-refractivity contribution >= 4 is 5.97 Å². The lowest BCUT2D eigenvalue weighted by Crippen LogP contribution is -2.42. The van der Waals surface area contributed by atoms with Crippen LogP contribution < -0.4 is 0 Å². The van der Waals surface area contributed by atoms with E-state index in [-0.39, 0.29) is 6.04 Å². The van der Waals surface area contributed by atoms with E-state index in [0.717, 1.165) is 31.7 Å². The van der Waals surface area contributed by atoms with E-state index in [1.54, 1.807) is 0 Å². The molecule has 1 unspecified atom stereocenters. The highest BCUT2D eigenvalue weighted by Crippen LogP contribution is 2.27. The number of hydrogen-bond acceptors (Lipinski definition) is 2. The molecule has 0 spiro atoms. The molecular formula is C12H23NO2. The van der Waals surface area contributed by atoms with Crippen molar-refractivity contribution in [2.75, 3.05) is 13.6 Å². The Bertz CT molecular complexity index is 202. The maximum absolute atomic E-state index is 11.1. The van der Waals surface area contributed by atoms with Gasteiger partial charge in [-0.15, -0.1) is 0 Å². The fourth-order valence-electron chi connectivity index (χ4n) is 2.14. The number of carboxylic acid groups (broad SMARTS) is 1. The number of hydrogen-bond donors (Lipinski definition) is 1. The Hall–Kier alpha value is -0.570. The second-order valence-electron chi connectivity index (χ2n) is 4.73. The topological polar surface area (TPSA) is 40.5 Å². The van der Waals surface area contributed by atoms with E-state index in [1.165, 1.54) is 19.3 Å². The molecule has 0 radical (unpaired) electrons. The molecule has 0 aromatic rings. The van der Waals surface area contributed by atoms with Crippen molar-refractivity contribution in [1.29, 1.82) is 0 Å². The summed E-state index contributed by atoms with van der Waals surface area (Å²) in [6.45, 7) is 3.06. The van der Waals surface area contributed by atoms with E-state index in [0.29, 0.717) is 0 Å². The third-order valence-corrected chi connectivity index (χ3v) is 3.42. The Kier molecular flexibility index (Phi) is 5.09. The second kappa shape index (κ2) is 6.11. The standard InChI is InChI=1S/C12H23NO2/c1-3-4-8-11(12(14)15)13(2)9-10-6-5-7-10/h10-11H,3-9H2,1-2H3,(H,14,15). The molecule has 3 heteroatoms. The molecule has 1 aliphatic rings. The lowest BCUT2D eigenvalue weighted by atomic mass is 9.85. The highest BCUT2D eigenvalue weighted by molar-refractivity contribution is 5.73. The molecule has 3 nitrogen and oxygen atoms in total. The maximum Gasteiger partial charge on any atom is 0.320 e. The molecule has 0 aromatic carbocycles. The van der Waals surface area contributed by atoms with Crippen LogP contribution in [-0.2, 0) is 4.79 Å². The van der Waals surface area contributed by atoms with E-state index >= 15 is 0 Å². The van der Waals surface area contributed by atoms with Crippen molar-refractivity contribution in [3.05, 3.63) is 0 Å². The molecule has 88 valence electrons. The fraction of sp³-hybridized carbons (Fsp3) is 0.917. The van der Waals surface area contributed by atoms with Gasteiger partial charge >= 0.3 is 5.97 Å². The summed E-state index contributed by atoms with van der Waals surface area (Å²) in [6, 6.07) is -0.273. The smallest absolute Gasteiger partial charge is 0.320 e. The van der Waals surface area contributed by atoms with Crippen LogP contribution in [0.1, 0.15) is 45.4 Å². The zero-order chi connectivity index (χ0) is 11.3. The Morgan fingerprint density at radius 1 is 1.53 bits per heavy atom. The van der Waals surface area contributed by atoms with Crippen molar-refractivity contribution in [3.8, 4) is 0 Å². The number of unbranched alkanes of at least 4 members (excludes halogenated alkanes) is 1.